The lowest BCUT2D eigenvalue weighted by atomic mass is 9.93. The second kappa shape index (κ2) is 5.21. The number of aliphatic hydroxyl groups is 1. The molecule has 0 bridgehead atoms. The molecule has 1 aromatic rings. The molecule has 0 aliphatic rings. The topological polar surface area (TPSA) is 46.2 Å². The highest BCUT2D eigenvalue weighted by atomic mass is 32.2. The number of nitrogens with two attached hydrogens (primary N) is 1. The predicted molar refractivity (Wildman–Crippen MR) is 70.7 cm³/mol. The van der Waals surface area contributed by atoms with Gasteiger partial charge in [-0.1, -0.05) is 26.0 Å². The molecule has 3 heteroatoms. The molecule has 0 amide bonds. The van der Waals surface area contributed by atoms with Gasteiger partial charge >= 0.3 is 0 Å². The van der Waals surface area contributed by atoms with E-state index in [0.29, 0.717) is 5.25 Å². The van der Waals surface area contributed by atoms with Gasteiger partial charge in [-0.15, -0.1) is 11.8 Å². The predicted octanol–water partition coefficient (Wildman–Crippen LogP) is 2.96. The van der Waals surface area contributed by atoms with Crippen LogP contribution in [0.3, 0.4) is 0 Å². The van der Waals surface area contributed by atoms with E-state index < -0.39 is 5.60 Å². The van der Waals surface area contributed by atoms with Gasteiger partial charge in [-0.3, -0.25) is 0 Å². The SMILES string of the molecule is CC(C)Sc1ccc(C(N)C(C)(C)O)cc1. The molecule has 0 aliphatic heterocycles. The van der Waals surface area contributed by atoms with Crippen molar-refractivity contribution in [3.63, 3.8) is 0 Å². The fourth-order valence-corrected chi connectivity index (χ4v) is 2.27. The van der Waals surface area contributed by atoms with E-state index in [1.54, 1.807) is 13.8 Å². The average molecular weight is 239 g/mol. The first kappa shape index (κ1) is 13.6. The zero-order chi connectivity index (χ0) is 12.3. The second-order valence-electron chi connectivity index (χ2n) is 4.87. The van der Waals surface area contributed by atoms with E-state index in [1.165, 1.54) is 4.90 Å². The average Bonchev–Trinajstić information content (AvgIpc) is 2.15. The van der Waals surface area contributed by atoms with Crippen molar-refractivity contribution in [3.8, 4) is 0 Å². The van der Waals surface area contributed by atoms with Crippen LogP contribution in [0.1, 0.15) is 39.3 Å². The highest BCUT2D eigenvalue weighted by Gasteiger charge is 2.24. The molecule has 0 spiro atoms. The number of hydrogen-bond acceptors (Lipinski definition) is 3. The van der Waals surface area contributed by atoms with Gasteiger partial charge in [0, 0.05) is 10.1 Å². The molecule has 0 aliphatic carbocycles. The molecule has 3 N–H and O–H groups in total. The van der Waals surface area contributed by atoms with E-state index in [-0.39, 0.29) is 6.04 Å². The molecule has 1 atom stereocenters. The molecule has 1 aromatic carbocycles. The zero-order valence-electron chi connectivity index (χ0n) is 10.4. The Labute approximate surface area is 102 Å². The van der Waals surface area contributed by atoms with Gasteiger partial charge in [-0.2, -0.15) is 0 Å². The van der Waals surface area contributed by atoms with E-state index >= 15 is 0 Å². The van der Waals surface area contributed by atoms with Crippen LogP contribution in [0.4, 0.5) is 0 Å². The van der Waals surface area contributed by atoms with Crippen LogP contribution in [0.5, 0.6) is 0 Å². The molecule has 2 nitrogen and oxygen atoms in total. The van der Waals surface area contributed by atoms with Crippen molar-refractivity contribution in [2.75, 3.05) is 0 Å². The molecule has 0 radical (unpaired) electrons. The van der Waals surface area contributed by atoms with Gasteiger partial charge in [-0.05, 0) is 31.5 Å². The smallest absolute Gasteiger partial charge is 0.0783 e. The van der Waals surface area contributed by atoms with Crippen LogP contribution in [-0.4, -0.2) is 16.0 Å². The third-order valence-electron chi connectivity index (χ3n) is 2.37. The third kappa shape index (κ3) is 3.81. The van der Waals surface area contributed by atoms with E-state index in [0.717, 1.165) is 5.56 Å². The number of rotatable bonds is 4. The molecule has 0 saturated heterocycles. The van der Waals surface area contributed by atoms with Crippen LogP contribution in [0.2, 0.25) is 0 Å². The van der Waals surface area contributed by atoms with Crippen LogP contribution in [0.25, 0.3) is 0 Å². The Morgan fingerprint density at radius 3 is 2.06 bits per heavy atom. The van der Waals surface area contributed by atoms with Crippen molar-refractivity contribution in [2.45, 2.75) is 49.5 Å². The number of hydrogen-bond donors (Lipinski definition) is 2. The van der Waals surface area contributed by atoms with Crippen LogP contribution < -0.4 is 5.73 Å². The summed E-state index contributed by atoms with van der Waals surface area (Å²) in [4.78, 5) is 1.24. The molecule has 0 aromatic heterocycles. The van der Waals surface area contributed by atoms with E-state index in [4.69, 9.17) is 5.73 Å². The second-order valence-corrected chi connectivity index (χ2v) is 6.52. The molecular weight excluding hydrogens is 218 g/mol. The van der Waals surface area contributed by atoms with Crippen LogP contribution >= 0.6 is 11.8 Å². The Kier molecular flexibility index (Phi) is 4.42. The summed E-state index contributed by atoms with van der Waals surface area (Å²) in [5, 5.41) is 10.4. The van der Waals surface area contributed by atoms with Gasteiger partial charge in [0.05, 0.1) is 11.6 Å². The van der Waals surface area contributed by atoms with Gasteiger partial charge in [-0.25, -0.2) is 0 Å². The molecule has 90 valence electrons. The minimum atomic E-state index is -0.882. The quantitative estimate of drug-likeness (QED) is 0.794. The minimum Gasteiger partial charge on any atom is -0.388 e. The van der Waals surface area contributed by atoms with Gasteiger partial charge in [0.15, 0.2) is 0 Å². The summed E-state index contributed by atoms with van der Waals surface area (Å²) in [6, 6.07) is 7.77. The van der Waals surface area contributed by atoms with Gasteiger partial charge in [0.1, 0.15) is 0 Å². The number of thioether (sulfide) groups is 1. The van der Waals surface area contributed by atoms with Gasteiger partial charge in [0.2, 0.25) is 0 Å². The fraction of sp³-hybridized carbons (Fsp3) is 0.538. The summed E-state index contributed by atoms with van der Waals surface area (Å²) >= 11 is 1.82. The lowest BCUT2D eigenvalue weighted by Gasteiger charge is -2.26. The van der Waals surface area contributed by atoms with E-state index in [1.807, 2.05) is 23.9 Å². The molecule has 0 heterocycles. The van der Waals surface area contributed by atoms with Crippen LogP contribution in [0, 0.1) is 0 Å². The Morgan fingerprint density at radius 1 is 1.19 bits per heavy atom. The Bertz CT molecular complexity index is 327. The van der Waals surface area contributed by atoms with Crippen molar-refractivity contribution >= 4 is 11.8 Å². The molecular formula is C13H21NOS. The van der Waals surface area contributed by atoms with Gasteiger partial charge in [0.25, 0.3) is 0 Å². The normalized spacial score (nSPS) is 14.2. The standard InChI is InChI=1S/C13H21NOS/c1-9(2)16-11-7-5-10(6-8-11)12(14)13(3,4)15/h5-9,12,15H,14H2,1-4H3. The maximum Gasteiger partial charge on any atom is 0.0783 e. The summed E-state index contributed by atoms with van der Waals surface area (Å²) in [5.74, 6) is 0. The summed E-state index contributed by atoms with van der Waals surface area (Å²) < 4.78 is 0. The van der Waals surface area contributed by atoms with Crippen LogP contribution in [0.15, 0.2) is 29.2 Å². The van der Waals surface area contributed by atoms with Crippen molar-refractivity contribution in [2.24, 2.45) is 5.73 Å². The zero-order valence-corrected chi connectivity index (χ0v) is 11.2. The summed E-state index contributed by atoms with van der Waals surface area (Å²) in [6.45, 7) is 7.80. The third-order valence-corrected chi connectivity index (χ3v) is 3.39. The Morgan fingerprint density at radius 2 is 1.69 bits per heavy atom. The lowest BCUT2D eigenvalue weighted by molar-refractivity contribution is 0.0517. The molecule has 16 heavy (non-hydrogen) atoms. The van der Waals surface area contributed by atoms with Crippen LogP contribution in [-0.2, 0) is 0 Å². The molecule has 1 unspecified atom stereocenters. The number of benzene rings is 1. The highest BCUT2D eigenvalue weighted by molar-refractivity contribution is 7.99. The summed E-state index contributed by atoms with van der Waals surface area (Å²) in [6.07, 6.45) is 0. The molecule has 1 rings (SSSR count). The maximum atomic E-state index is 9.82. The van der Waals surface area contributed by atoms with E-state index in [2.05, 4.69) is 26.0 Å². The van der Waals surface area contributed by atoms with E-state index in [9.17, 15) is 5.11 Å². The first-order chi connectivity index (χ1) is 7.30. The molecule has 0 saturated carbocycles. The Balaban J connectivity index is 2.79. The maximum absolute atomic E-state index is 9.82. The van der Waals surface area contributed by atoms with Crippen molar-refractivity contribution in [1.82, 2.24) is 0 Å². The van der Waals surface area contributed by atoms with Crippen molar-refractivity contribution < 1.29 is 5.11 Å². The lowest BCUT2D eigenvalue weighted by Crippen LogP contribution is -2.34. The fourth-order valence-electron chi connectivity index (χ4n) is 1.43. The summed E-state index contributed by atoms with van der Waals surface area (Å²) in [7, 11) is 0. The van der Waals surface area contributed by atoms with Crippen molar-refractivity contribution in [3.05, 3.63) is 29.8 Å². The Hall–Kier alpha value is -0.510. The highest BCUT2D eigenvalue weighted by Crippen LogP contribution is 2.27. The monoisotopic (exact) mass is 239 g/mol. The van der Waals surface area contributed by atoms with Crippen molar-refractivity contribution in [1.29, 1.82) is 0 Å². The van der Waals surface area contributed by atoms with Gasteiger partial charge < -0.3 is 10.8 Å². The molecule has 0 fully saturated rings. The summed E-state index contributed by atoms with van der Waals surface area (Å²) in [5.41, 5.74) is 6.06. The largest absolute Gasteiger partial charge is 0.388 e. The minimum absolute atomic E-state index is 0.342. The first-order valence-electron chi connectivity index (χ1n) is 5.55. The first-order valence-corrected chi connectivity index (χ1v) is 6.43.